The first-order chi connectivity index (χ1) is 12.9. The number of pyridine rings is 1. The number of benzene rings is 1. The van der Waals surface area contributed by atoms with Crippen molar-refractivity contribution in [2.75, 3.05) is 0 Å². The third-order valence-electron chi connectivity index (χ3n) is 7.33. The highest BCUT2D eigenvalue weighted by molar-refractivity contribution is 5.84. The van der Waals surface area contributed by atoms with Gasteiger partial charge in [-0.05, 0) is 93.2 Å². The van der Waals surface area contributed by atoms with Crippen LogP contribution in [-0.2, 0) is 11.3 Å². The van der Waals surface area contributed by atoms with Crippen molar-refractivity contribution in [2.24, 2.45) is 23.2 Å². The van der Waals surface area contributed by atoms with Crippen molar-refractivity contribution in [2.45, 2.75) is 58.9 Å². The number of H-pyrrole nitrogens is 1. The number of carbonyl (C=O) groups excluding carboxylic acids is 1. The van der Waals surface area contributed by atoms with Gasteiger partial charge in [0, 0.05) is 17.5 Å². The van der Waals surface area contributed by atoms with Gasteiger partial charge >= 0.3 is 0 Å². The van der Waals surface area contributed by atoms with Crippen LogP contribution in [-0.4, -0.2) is 10.9 Å². The molecule has 6 rings (SSSR count). The summed E-state index contributed by atoms with van der Waals surface area (Å²) in [5.74, 6) is 2.42. The quantitative estimate of drug-likeness (QED) is 0.865. The van der Waals surface area contributed by atoms with Crippen molar-refractivity contribution in [1.29, 1.82) is 0 Å². The molecule has 2 aromatic rings. The summed E-state index contributed by atoms with van der Waals surface area (Å²) in [6.45, 7) is 4.39. The van der Waals surface area contributed by atoms with E-state index in [1.165, 1.54) is 24.8 Å². The van der Waals surface area contributed by atoms with Crippen LogP contribution >= 0.6 is 0 Å². The number of aryl methyl sites for hydroxylation is 2. The first-order valence-electron chi connectivity index (χ1n) is 10.3. The van der Waals surface area contributed by atoms with E-state index >= 15 is 0 Å². The molecule has 4 nitrogen and oxygen atoms in total. The molecule has 0 atom stereocenters. The molecule has 2 N–H and O–H groups in total. The molecule has 0 saturated heterocycles. The number of carbonyl (C=O) groups is 1. The van der Waals surface area contributed by atoms with Crippen LogP contribution in [0.3, 0.4) is 0 Å². The van der Waals surface area contributed by atoms with Crippen molar-refractivity contribution < 1.29 is 4.79 Å². The predicted molar refractivity (Wildman–Crippen MR) is 106 cm³/mol. The molecule has 142 valence electrons. The van der Waals surface area contributed by atoms with E-state index in [0.717, 1.165) is 53.5 Å². The van der Waals surface area contributed by atoms with E-state index in [1.54, 1.807) is 0 Å². The Hall–Kier alpha value is -2.10. The van der Waals surface area contributed by atoms with Crippen molar-refractivity contribution in [3.05, 3.63) is 45.2 Å². The van der Waals surface area contributed by atoms with Crippen molar-refractivity contribution >= 4 is 16.8 Å². The van der Waals surface area contributed by atoms with Crippen LogP contribution in [0.5, 0.6) is 0 Å². The standard InChI is InChI=1S/C23H28N2O2/c1-13-3-14(2)20-18(4-13)8-19(21(26)25-20)12-24-22(27)23-9-15-5-16(10-23)7-17(6-15)11-23/h3-4,8,15-17H,5-7,9-12H2,1-2H3,(H,24,27)(H,25,26). The second kappa shape index (κ2) is 5.95. The minimum absolute atomic E-state index is 0.0970. The maximum absolute atomic E-state index is 13.1. The van der Waals surface area contributed by atoms with Crippen LogP contribution in [0.4, 0.5) is 0 Å². The zero-order valence-electron chi connectivity index (χ0n) is 16.2. The van der Waals surface area contributed by atoms with Crippen LogP contribution in [0.2, 0.25) is 0 Å². The lowest BCUT2D eigenvalue weighted by molar-refractivity contribution is -0.146. The van der Waals surface area contributed by atoms with E-state index in [4.69, 9.17) is 0 Å². The molecule has 0 aliphatic heterocycles. The molecule has 0 radical (unpaired) electrons. The molecular formula is C23H28N2O2. The van der Waals surface area contributed by atoms with Gasteiger partial charge in [0.25, 0.3) is 5.56 Å². The molecular weight excluding hydrogens is 336 g/mol. The Balaban J connectivity index is 1.38. The highest BCUT2D eigenvalue weighted by atomic mass is 16.2. The average Bonchev–Trinajstić information content (AvgIpc) is 2.59. The lowest BCUT2D eigenvalue weighted by Crippen LogP contribution is -2.53. The molecule has 1 aromatic carbocycles. The van der Waals surface area contributed by atoms with Gasteiger partial charge in [0.05, 0.1) is 5.52 Å². The maximum atomic E-state index is 13.1. The van der Waals surface area contributed by atoms with Crippen LogP contribution in [0.1, 0.15) is 55.2 Å². The Kier molecular flexibility index (Phi) is 3.75. The van der Waals surface area contributed by atoms with Gasteiger partial charge in [0.2, 0.25) is 5.91 Å². The minimum Gasteiger partial charge on any atom is -0.351 e. The van der Waals surface area contributed by atoms with Crippen LogP contribution < -0.4 is 10.9 Å². The lowest BCUT2D eigenvalue weighted by atomic mass is 9.49. The lowest BCUT2D eigenvalue weighted by Gasteiger charge is -2.55. The summed E-state index contributed by atoms with van der Waals surface area (Å²) in [5, 5.41) is 4.17. The van der Waals surface area contributed by atoms with E-state index < -0.39 is 0 Å². The SMILES string of the molecule is Cc1cc(C)c2[nH]c(=O)c(CNC(=O)C34CC5CC(CC(C5)C3)C4)cc2c1. The van der Waals surface area contributed by atoms with Gasteiger partial charge in [-0.25, -0.2) is 0 Å². The van der Waals surface area contributed by atoms with Gasteiger partial charge in [-0.3, -0.25) is 9.59 Å². The number of amides is 1. The molecule has 4 saturated carbocycles. The number of nitrogens with one attached hydrogen (secondary N) is 2. The molecule has 4 heteroatoms. The van der Waals surface area contributed by atoms with E-state index in [0.29, 0.717) is 12.1 Å². The van der Waals surface area contributed by atoms with Gasteiger partial charge in [-0.2, -0.15) is 0 Å². The molecule has 27 heavy (non-hydrogen) atoms. The number of fused-ring (bicyclic) bond motifs is 1. The molecule has 1 amide bonds. The largest absolute Gasteiger partial charge is 0.351 e. The second-order valence-corrected chi connectivity index (χ2v) is 9.55. The number of hydrogen-bond donors (Lipinski definition) is 2. The summed E-state index contributed by atoms with van der Waals surface area (Å²) in [5.41, 5.74) is 3.53. The fourth-order valence-electron chi connectivity index (χ4n) is 6.62. The normalized spacial score (nSPS) is 31.4. The third-order valence-corrected chi connectivity index (χ3v) is 7.33. The van der Waals surface area contributed by atoms with Gasteiger partial charge in [-0.1, -0.05) is 11.6 Å². The molecule has 4 aliphatic rings. The molecule has 0 spiro atoms. The van der Waals surface area contributed by atoms with Crippen LogP contribution in [0.15, 0.2) is 23.0 Å². The van der Waals surface area contributed by atoms with E-state index in [9.17, 15) is 9.59 Å². The molecule has 1 aromatic heterocycles. The number of aromatic amines is 1. The number of aromatic nitrogens is 1. The molecule has 4 aliphatic carbocycles. The highest BCUT2D eigenvalue weighted by Crippen LogP contribution is 2.60. The molecule has 1 heterocycles. The number of hydrogen-bond acceptors (Lipinski definition) is 2. The Labute approximate surface area is 159 Å². The van der Waals surface area contributed by atoms with Crippen molar-refractivity contribution in [1.82, 2.24) is 10.3 Å². The van der Waals surface area contributed by atoms with E-state index in [2.05, 4.69) is 29.4 Å². The first-order valence-corrected chi connectivity index (χ1v) is 10.3. The summed E-state index contributed by atoms with van der Waals surface area (Å²) < 4.78 is 0. The fourth-order valence-corrected chi connectivity index (χ4v) is 6.62. The van der Waals surface area contributed by atoms with Gasteiger partial charge in [0.15, 0.2) is 0 Å². The summed E-state index contributed by atoms with van der Waals surface area (Å²) in [7, 11) is 0. The van der Waals surface area contributed by atoms with Gasteiger partial charge in [0.1, 0.15) is 0 Å². The average molecular weight is 364 g/mol. The van der Waals surface area contributed by atoms with E-state index in [-0.39, 0.29) is 16.9 Å². The zero-order valence-corrected chi connectivity index (χ0v) is 16.2. The Morgan fingerprint density at radius 2 is 1.70 bits per heavy atom. The molecule has 0 unspecified atom stereocenters. The summed E-state index contributed by atoms with van der Waals surface area (Å²) in [6, 6.07) is 6.10. The van der Waals surface area contributed by atoms with Crippen molar-refractivity contribution in [3.8, 4) is 0 Å². The van der Waals surface area contributed by atoms with Crippen LogP contribution in [0, 0.1) is 37.0 Å². The minimum atomic E-state index is -0.161. The summed E-state index contributed by atoms with van der Waals surface area (Å²) in [6.07, 6.45) is 7.15. The topological polar surface area (TPSA) is 62.0 Å². The van der Waals surface area contributed by atoms with Gasteiger partial charge < -0.3 is 10.3 Å². The smallest absolute Gasteiger partial charge is 0.253 e. The second-order valence-electron chi connectivity index (χ2n) is 9.55. The third kappa shape index (κ3) is 2.81. The number of rotatable bonds is 3. The highest BCUT2D eigenvalue weighted by Gasteiger charge is 2.54. The van der Waals surface area contributed by atoms with E-state index in [1.807, 2.05) is 13.0 Å². The maximum Gasteiger partial charge on any atom is 0.253 e. The fraction of sp³-hybridized carbons (Fsp3) is 0.565. The van der Waals surface area contributed by atoms with Crippen LogP contribution in [0.25, 0.3) is 10.9 Å². The summed E-state index contributed by atoms with van der Waals surface area (Å²) >= 11 is 0. The Morgan fingerprint density at radius 3 is 2.33 bits per heavy atom. The Bertz CT molecular complexity index is 952. The Morgan fingerprint density at radius 1 is 1.07 bits per heavy atom. The summed E-state index contributed by atoms with van der Waals surface area (Å²) in [4.78, 5) is 28.7. The zero-order chi connectivity index (χ0) is 18.8. The molecule has 4 fully saturated rings. The molecule has 4 bridgehead atoms. The van der Waals surface area contributed by atoms with Crippen molar-refractivity contribution in [3.63, 3.8) is 0 Å². The van der Waals surface area contributed by atoms with Gasteiger partial charge in [-0.15, -0.1) is 0 Å². The first kappa shape index (κ1) is 17.0. The predicted octanol–water partition coefficient (Wildman–Crippen LogP) is 3.98. The monoisotopic (exact) mass is 364 g/mol.